The van der Waals surface area contributed by atoms with Crippen LogP contribution in [0.5, 0.6) is 5.75 Å². The number of halogens is 2. The first-order valence-corrected chi connectivity index (χ1v) is 10.8. The lowest BCUT2D eigenvalue weighted by atomic mass is 10.1. The van der Waals surface area contributed by atoms with Gasteiger partial charge >= 0.3 is 0 Å². The van der Waals surface area contributed by atoms with E-state index >= 15 is 0 Å². The number of hydrogen-bond acceptors (Lipinski definition) is 3. The average molecular weight is 479 g/mol. The SMILES string of the molecule is CCc1ccc(OCC(=O)N(Cc2ccc(F)cc2)[C@H](C)C(=O)NC(C)C)c(Br)c1. The molecule has 2 rings (SSSR count). The van der Waals surface area contributed by atoms with Crippen LogP contribution >= 0.6 is 15.9 Å². The van der Waals surface area contributed by atoms with E-state index in [0.717, 1.165) is 22.0 Å². The van der Waals surface area contributed by atoms with Crippen molar-refractivity contribution in [2.45, 2.75) is 52.7 Å². The minimum Gasteiger partial charge on any atom is -0.483 e. The number of carbonyl (C=O) groups is 2. The number of rotatable bonds is 9. The Morgan fingerprint density at radius 1 is 1.10 bits per heavy atom. The van der Waals surface area contributed by atoms with Crippen molar-refractivity contribution >= 4 is 27.7 Å². The van der Waals surface area contributed by atoms with Crippen molar-refractivity contribution in [2.24, 2.45) is 0 Å². The molecule has 0 unspecified atom stereocenters. The Balaban J connectivity index is 2.16. The summed E-state index contributed by atoms with van der Waals surface area (Å²) in [5.74, 6) is -0.390. The molecule has 162 valence electrons. The van der Waals surface area contributed by atoms with Crippen LogP contribution in [0.1, 0.15) is 38.8 Å². The lowest BCUT2D eigenvalue weighted by Gasteiger charge is -2.29. The Morgan fingerprint density at radius 3 is 2.30 bits per heavy atom. The molecule has 0 saturated carbocycles. The molecule has 1 N–H and O–H groups in total. The standard InChI is InChI=1S/C23H28BrFN2O3/c1-5-17-8-11-21(20(24)12-17)30-14-22(28)27(16(4)23(29)26-15(2)3)13-18-6-9-19(25)10-7-18/h6-12,15-16H,5,13-14H2,1-4H3,(H,26,29)/t16-/m1/s1. The largest absolute Gasteiger partial charge is 0.483 e. The molecule has 2 aromatic carbocycles. The van der Waals surface area contributed by atoms with Gasteiger partial charge in [0.15, 0.2) is 6.61 Å². The molecular weight excluding hydrogens is 451 g/mol. The molecule has 0 fully saturated rings. The molecule has 0 aliphatic rings. The number of carbonyl (C=O) groups excluding carboxylic acids is 2. The van der Waals surface area contributed by atoms with Crippen LogP contribution < -0.4 is 10.1 Å². The number of ether oxygens (including phenoxy) is 1. The van der Waals surface area contributed by atoms with Gasteiger partial charge in [-0.1, -0.05) is 25.1 Å². The first-order valence-electron chi connectivity index (χ1n) is 9.96. The topological polar surface area (TPSA) is 58.6 Å². The lowest BCUT2D eigenvalue weighted by Crippen LogP contribution is -2.50. The fourth-order valence-electron chi connectivity index (χ4n) is 2.88. The first kappa shape index (κ1) is 23.9. The van der Waals surface area contributed by atoms with Gasteiger partial charge in [-0.15, -0.1) is 0 Å². The molecule has 0 aliphatic carbocycles. The molecule has 0 radical (unpaired) electrons. The molecule has 0 heterocycles. The van der Waals surface area contributed by atoms with Crippen LogP contribution in [0, 0.1) is 5.82 Å². The predicted octanol–water partition coefficient (Wildman–Crippen LogP) is 4.47. The van der Waals surface area contributed by atoms with E-state index in [9.17, 15) is 14.0 Å². The van der Waals surface area contributed by atoms with E-state index in [-0.39, 0.29) is 36.8 Å². The summed E-state index contributed by atoms with van der Waals surface area (Å²) in [5.41, 5.74) is 1.87. The number of benzene rings is 2. The second-order valence-electron chi connectivity index (χ2n) is 7.39. The Labute approximate surface area is 185 Å². The van der Waals surface area contributed by atoms with Gasteiger partial charge in [0, 0.05) is 12.6 Å². The van der Waals surface area contributed by atoms with E-state index in [4.69, 9.17) is 4.74 Å². The minimum atomic E-state index is -0.709. The monoisotopic (exact) mass is 478 g/mol. The molecule has 7 heteroatoms. The molecule has 0 saturated heterocycles. The highest BCUT2D eigenvalue weighted by atomic mass is 79.9. The molecule has 0 spiro atoms. The van der Waals surface area contributed by atoms with Crippen molar-refractivity contribution < 1.29 is 18.7 Å². The quantitative estimate of drug-likeness (QED) is 0.578. The molecule has 0 bridgehead atoms. The van der Waals surface area contributed by atoms with E-state index in [1.54, 1.807) is 19.1 Å². The zero-order valence-electron chi connectivity index (χ0n) is 17.7. The summed E-state index contributed by atoms with van der Waals surface area (Å²) >= 11 is 3.47. The second kappa shape index (κ2) is 11.1. The highest BCUT2D eigenvalue weighted by Crippen LogP contribution is 2.26. The Morgan fingerprint density at radius 2 is 1.73 bits per heavy atom. The summed E-state index contributed by atoms with van der Waals surface area (Å²) in [5, 5.41) is 2.83. The smallest absolute Gasteiger partial charge is 0.261 e. The normalized spacial score (nSPS) is 11.8. The van der Waals surface area contributed by atoms with Gasteiger partial charge in [0.1, 0.15) is 17.6 Å². The van der Waals surface area contributed by atoms with E-state index in [1.165, 1.54) is 17.0 Å². The van der Waals surface area contributed by atoms with Gasteiger partial charge in [0.25, 0.3) is 5.91 Å². The maximum absolute atomic E-state index is 13.2. The maximum Gasteiger partial charge on any atom is 0.261 e. The van der Waals surface area contributed by atoms with Crippen molar-refractivity contribution in [3.63, 3.8) is 0 Å². The van der Waals surface area contributed by atoms with Crippen molar-refractivity contribution in [2.75, 3.05) is 6.61 Å². The van der Waals surface area contributed by atoms with E-state index in [1.807, 2.05) is 32.0 Å². The number of nitrogens with one attached hydrogen (secondary N) is 1. The van der Waals surface area contributed by atoms with Crippen LogP contribution in [0.15, 0.2) is 46.9 Å². The third kappa shape index (κ3) is 6.83. The van der Waals surface area contributed by atoms with E-state index < -0.39 is 6.04 Å². The Kier molecular flexibility index (Phi) is 8.84. The van der Waals surface area contributed by atoms with Crippen molar-refractivity contribution in [3.05, 3.63) is 63.9 Å². The van der Waals surface area contributed by atoms with Crippen molar-refractivity contribution in [3.8, 4) is 5.75 Å². The third-order valence-corrected chi connectivity index (χ3v) is 5.24. The van der Waals surface area contributed by atoms with Crippen LogP contribution in [0.25, 0.3) is 0 Å². The van der Waals surface area contributed by atoms with Gasteiger partial charge in [0.05, 0.1) is 4.47 Å². The van der Waals surface area contributed by atoms with Crippen LogP contribution in [0.4, 0.5) is 4.39 Å². The molecule has 2 aromatic rings. The zero-order valence-corrected chi connectivity index (χ0v) is 19.3. The van der Waals surface area contributed by atoms with Crippen LogP contribution in [0.3, 0.4) is 0 Å². The molecule has 0 aliphatic heterocycles. The molecule has 30 heavy (non-hydrogen) atoms. The van der Waals surface area contributed by atoms with Gasteiger partial charge in [-0.25, -0.2) is 4.39 Å². The average Bonchev–Trinajstić information content (AvgIpc) is 2.71. The summed E-state index contributed by atoms with van der Waals surface area (Å²) in [7, 11) is 0. The fraction of sp³-hybridized carbons (Fsp3) is 0.391. The number of amides is 2. The number of hydrogen-bond donors (Lipinski definition) is 1. The fourth-order valence-corrected chi connectivity index (χ4v) is 3.42. The van der Waals surface area contributed by atoms with Gasteiger partial charge in [-0.2, -0.15) is 0 Å². The van der Waals surface area contributed by atoms with Crippen LogP contribution in [-0.2, 0) is 22.6 Å². The molecule has 1 atom stereocenters. The predicted molar refractivity (Wildman–Crippen MR) is 119 cm³/mol. The molecule has 5 nitrogen and oxygen atoms in total. The molecular formula is C23H28BrFN2O3. The van der Waals surface area contributed by atoms with E-state index in [0.29, 0.717) is 5.75 Å². The summed E-state index contributed by atoms with van der Waals surface area (Å²) in [6.07, 6.45) is 0.895. The van der Waals surface area contributed by atoms with Gasteiger partial charge in [-0.05, 0) is 78.5 Å². The van der Waals surface area contributed by atoms with Gasteiger partial charge < -0.3 is 15.0 Å². The number of nitrogens with zero attached hydrogens (tertiary/aromatic N) is 1. The Hall–Kier alpha value is -2.41. The highest BCUT2D eigenvalue weighted by Gasteiger charge is 2.27. The van der Waals surface area contributed by atoms with Crippen molar-refractivity contribution in [1.82, 2.24) is 10.2 Å². The highest BCUT2D eigenvalue weighted by molar-refractivity contribution is 9.10. The number of aryl methyl sites for hydroxylation is 1. The zero-order chi connectivity index (χ0) is 22.3. The lowest BCUT2D eigenvalue weighted by molar-refractivity contribution is -0.142. The first-order chi connectivity index (χ1) is 14.2. The summed E-state index contributed by atoms with van der Waals surface area (Å²) < 4.78 is 19.7. The second-order valence-corrected chi connectivity index (χ2v) is 8.25. The van der Waals surface area contributed by atoms with Crippen LogP contribution in [0.2, 0.25) is 0 Å². The Bertz CT molecular complexity index is 871. The summed E-state index contributed by atoms with van der Waals surface area (Å²) in [4.78, 5) is 27.0. The maximum atomic E-state index is 13.2. The molecule has 2 amide bonds. The van der Waals surface area contributed by atoms with E-state index in [2.05, 4.69) is 28.2 Å². The molecule has 0 aromatic heterocycles. The summed E-state index contributed by atoms with van der Waals surface area (Å²) in [6, 6.07) is 10.8. The summed E-state index contributed by atoms with van der Waals surface area (Å²) in [6.45, 7) is 7.40. The van der Waals surface area contributed by atoms with Gasteiger partial charge in [0.2, 0.25) is 5.91 Å². The third-order valence-electron chi connectivity index (χ3n) is 4.62. The van der Waals surface area contributed by atoms with Crippen molar-refractivity contribution in [1.29, 1.82) is 0 Å². The minimum absolute atomic E-state index is 0.0491. The van der Waals surface area contributed by atoms with Gasteiger partial charge in [-0.3, -0.25) is 9.59 Å². The van der Waals surface area contributed by atoms with Crippen LogP contribution in [-0.4, -0.2) is 35.4 Å².